The average Bonchev–Trinajstić information content (AvgIpc) is 2.66. The maximum absolute atomic E-state index is 12.7. The summed E-state index contributed by atoms with van der Waals surface area (Å²) in [5.41, 5.74) is 6.47. The van der Waals surface area contributed by atoms with Crippen LogP contribution in [0.5, 0.6) is 17.2 Å². The Kier molecular flexibility index (Phi) is 5.08. The average molecular weight is 368 g/mol. The predicted molar refractivity (Wildman–Crippen MR) is 97.8 cm³/mol. The van der Waals surface area contributed by atoms with Crippen molar-refractivity contribution in [2.75, 3.05) is 14.2 Å². The summed E-state index contributed by atoms with van der Waals surface area (Å²) >= 11 is 0. The van der Waals surface area contributed by atoms with Crippen molar-refractivity contribution < 1.29 is 18.6 Å². The number of benzene rings is 1. The lowest BCUT2D eigenvalue weighted by molar-refractivity contribution is 0.353. The molecule has 0 fully saturated rings. The van der Waals surface area contributed by atoms with Crippen molar-refractivity contribution in [3.05, 3.63) is 63.0 Å². The molecule has 0 aliphatic carbocycles. The van der Waals surface area contributed by atoms with E-state index in [2.05, 4.69) is 6.07 Å². The number of ether oxygens (including phenoxy) is 3. The first-order valence-corrected chi connectivity index (χ1v) is 8.50. The molecule has 0 spiro atoms. The SMILES string of the molecule is CCCc1cc2c(c(=O)o1)C(c1ccc(OC)c(OC)c1)C(C#N)=C(N)O2. The molecule has 1 aromatic heterocycles. The van der Waals surface area contributed by atoms with E-state index in [0.717, 1.165) is 6.42 Å². The second kappa shape index (κ2) is 7.46. The van der Waals surface area contributed by atoms with E-state index < -0.39 is 11.5 Å². The molecule has 0 saturated carbocycles. The predicted octanol–water partition coefficient (Wildman–Crippen LogP) is 2.83. The van der Waals surface area contributed by atoms with Crippen molar-refractivity contribution in [1.29, 1.82) is 5.26 Å². The molecule has 1 aliphatic rings. The Bertz CT molecular complexity index is 1000. The van der Waals surface area contributed by atoms with Crippen LogP contribution < -0.4 is 25.6 Å². The van der Waals surface area contributed by atoms with E-state index in [9.17, 15) is 10.1 Å². The lowest BCUT2D eigenvalue weighted by atomic mass is 9.84. The minimum atomic E-state index is -0.717. The lowest BCUT2D eigenvalue weighted by Crippen LogP contribution is -2.26. The normalized spacial score (nSPS) is 15.6. The van der Waals surface area contributed by atoms with Gasteiger partial charge in [-0.2, -0.15) is 5.26 Å². The second-order valence-corrected chi connectivity index (χ2v) is 6.07. The smallest absolute Gasteiger partial charge is 0.343 e. The van der Waals surface area contributed by atoms with Crippen LogP contribution in [-0.2, 0) is 6.42 Å². The first-order valence-electron chi connectivity index (χ1n) is 8.50. The largest absolute Gasteiger partial charge is 0.493 e. The zero-order valence-electron chi connectivity index (χ0n) is 15.4. The summed E-state index contributed by atoms with van der Waals surface area (Å²) < 4.78 is 21.6. The standard InChI is InChI=1S/C20H20N2O5/c1-4-5-12-9-16-18(20(23)26-12)17(13(10-21)19(22)27-16)11-6-7-14(24-2)15(8-11)25-3/h6-9,17H,4-5,22H2,1-3H3. The molecule has 0 bridgehead atoms. The summed E-state index contributed by atoms with van der Waals surface area (Å²) in [7, 11) is 3.05. The number of aryl methyl sites for hydroxylation is 1. The van der Waals surface area contributed by atoms with Gasteiger partial charge in [-0.1, -0.05) is 13.0 Å². The van der Waals surface area contributed by atoms with Crippen LogP contribution in [0.4, 0.5) is 0 Å². The van der Waals surface area contributed by atoms with Gasteiger partial charge in [0, 0.05) is 12.5 Å². The molecule has 1 aromatic carbocycles. The summed E-state index contributed by atoms with van der Waals surface area (Å²) in [6.45, 7) is 1.98. The number of nitriles is 1. The third-order valence-electron chi connectivity index (χ3n) is 4.42. The van der Waals surface area contributed by atoms with Crippen molar-refractivity contribution in [1.82, 2.24) is 0 Å². The van der Waals surface area contributed by atoms with E-state index in [1.807, 2.05) is 6.92 Å². The highest BCUT2D eigenvalue weighted by atomic mass is 16.5. The van der Waals surface area contributed by atoms with Gasteiger partial charge in [-0.05, 0) is 24.1 Å². The Balaban J connectivity index is 2.23. The summed E-state index contributed by atoms with van der Waals surface area (Å²) in [4.78, 5) is 12.7. The van der Waals surface area contributed by atoms with E-state index in [-0.39, 0.29) is 17.0 Å². The third-order valence-corrected chi connectivity index (χ3v) is 4.42. The van der Waals surface area contributed by atoms with Gasteiger partial charge in [-0.25, -0.2) is 4.79 Å². The van der Waals surface area contributed by atoms with Crippen LogP contribution in [0.3, 0.4) is 0 Å². The molecule has 140 valence electrons. The number of nitrogens with two attached hydrogens (primary N) is 1. The molecule has 7 nitrogen and oxygen atoms in total. The van der Waals surface area contributed by atoms with Gasteiger partial charge in [0.15, 0.2) is 11.5 Å². The molecule has 1 aliphatic heterocycles. The molecule has 1 unspecified atom stereocenters. The Morgan fingerprint density at radius 1 is 1.22 bits per heavy atom. The highest BCUT2D eigenvalue weighted by Crippen LogP contribution is 2.42. The monoisotopic (exact) mass is 368 g/mol. The molecule has 1 atom stereocenters. The third kappa shape index (κ3) is 3.22. The fraction of sp³-hybridized carbons (Fsp3) is 0.300. The highest BCUT2D eigenvalue weighted by Gasteiger charge is 2.34. The molecule has 2 N–H and O–H groups in total. The van der Waals surface area contributed by atoms with Gasteiger partial charge in [0.1, 0.15) is 23.2 Å². The van der Waals surface area contributed by atoms with Gasteiger partial charge in [-0.15, -0.1) is 0 Å². The van der Waals surface area contributed by atoms with Crippen LogP contribution >= 0.6 is 0 Å². The number of hydrogen-bond donors (Lipinski definition) is 1. The molecule has 3 rings (SSSR count). The van der Waals surface area contributed by atoms with Gasteiger partial charge < -0.3 is 24.4 Å². The number of allylic oxidation sites excluding steroid dienone is 1. The minimum Gasteiger partial charge on any atom is -0.493 e. The minimum absolute atomic E-state index is 0.0298. The Morgan fingerprint density at radius 2 is 1.96 bits per heavy atom. The lowest BCUT2D eigenvalue weighted by Gasteiger charge is -2.25. The van der Waals surface area contributed by atoms with Gasteiger partial charge in [0.2, 0.25) is 5.88 Å². The van der Waals surface area contributed by atoms with E-state index in [1.165, 1.54) is 14.2 Å². The van der Waals surface area contributed by atoms with Gasteiger partial charge in [0.05, 0.1) is 25.7 Å². The number of methoxy groups -OCH3 is 2. The maximum Gasteiger partial charge on any atom is 0.343 e. The Hall–Kier alpha value is -3.40. The van der Waals surface area contributed by atoms with Crippen LogP contribution in [0.25, 0.3) is 0 Å². The zero-order chi connectivity index (χ0) is 19.6. The molecule has 27 heavy (non-hydrogen) atoms. The van der Waals surface area contributed by atoms with Crippen LogP contribution in [0, 0.1) is 11.3 Å². The highest BCUT2D eigenvalue weighted by molar-refractivity contribution is 5.57. The van der Waals surface area contributed by atoms with Crippen molar-refractivity contribution in [2.45, 2.75) is 25.7 Å². The molecule has 2 heterocycles. The summed E-state index contributed by atoms with van der Waals surface area (Å²) in [5.74, 6) is 1.09. The second-order valence-electron chi connectivity index (χ2n) is 6.07. The maximum atomic E-state index is 12.7. The van der Waals surface area contributed by atoms with Crippen molar-refractivity contribution >= 4 is 0 Å². The van der Waals surface area contributed by atoms with Gasteiger partial charge >= 0.3 is 5.63 Å². The van der Waals surface area contributed by atoms with Crippen LogP contribution in [-0.4, -0.2) is 14.2 Å². The summed E-state index contributed by atoms with van der Waals surface area (Å²) in [5, 5.41) is 9.62. The zero-order valence-corrected chi connectivity index (χ0v) is 15.4. The number of fused-ring (bicyclic) bond motifs is 1. The van der Waals surface area contributed by atoms with Crippen LogP contribution in [0.1, 0.15) is 36.1 Å². The molecule has 2 aromatic rings. The van der Waals surface area contributed by atoms with Crippen molar-refractivity contribution in [3.8, 4) is 23.3 Å². The van der Waals surface area contributed by atoms with E-state index >= 15 is 0 Å². The first-order chi connectivity index (χ1) is 13.0. The Morgan fingerprint density at radius 3 is 2.59 bits per heavy atom. The molecular weight excluding hydrogens is 348 g/mol. The molecular formula is C20H20N2O5. The molecule has 0 saturated heterocycles. The topological polar surface area (TPSA) is 108 Å². The number of nitrogens with zero attached hydrogens (tertiary/aromatic N) is 1. The van der Waals surface area contributed by atoms with Crippen LogP contribution in [0.2, 0.25) is 0 Å². The number of rotatable bonds is 5. The fourth-order valence-corrected chi connectivity index (χ4v) is 3.19. The molecule has 0 amide bonds. The molecule has 0 radical (unpaired) electrons. The van der Waals surface area contributed by atoms with Gasteiger partial charge in [-0.3, -0.25) is 0 Å². The number of hydrogen-bond acceptors (Lipinski definition) is 7. The summed E-state index contributed by atoms with van der Waals surface area (Å²) in [6.07, 6.45) is 1.41. The van der Waals surface area contributed by atoms with E-state index in [1.54, 1.807) is 24.3 Å². The van der Waals surface area contributed by atoms with E-state index in [0.29, 0.717) is 35.0 Å². The Labute approximate surface area is 156 Å². The molecule has 7 heteroatoms. The fourth-order valence-electron chi connectivity index (χ4n) is 3.19. The summed E-state index contributed by atoms with van der Waals surface area (Å²) in [6, 6.07) is 8.89. The van der Waals surface area contributed by atoms with Crippen molar-refractivity contribution in [3.63, 3.8) is 0 Å². The van der Waals surface area contributed by atoms with Crippen LogP contribution in [0.15, 0.2) is 44.9 Å². The first kappa shape index (κ1) is 18.4. The quantitative estimate of drug-likeness (QED) is 0.864. The van der Waals surface area contributed by atoms with Gasteiger partial charge in [0.25, 0.3) is 0 Å². The van der Waals surface area contributed by atoms with Crippen molar-refractivity contribution in [2.24, 2.45) is 5.73 Å². The van der Waals surface area contributed by atoms with E-state index in [4.69, 9.17) is 24.4 Å².